The van der Waals surface area contributed by atoms with E-state index in [0.717, 1.165) is 20.6 Å². The molecule has 0 unspecified atom stereocenters. The highest BCUT2D eigenvalue weighted by Crippen LogP contribution is 2.38. The van der Waals surface area contributed by atoms with Crippen molar-refractivity contribution in [2.45, 2.75) is 37.6 Å². The van der Waals surface area contributed by atoms with Gasteiger partial charge in [-0.15, -0.1) is 11.8 Å². The van der Waals surface area contributed by atoms with E-state index in [0.29, 0.717) is 11.8 Å². The first-order valence-corrected chi connectivity index (χ1v) is 8.94. The number of hydrogen-bond acceptors (Lipinski definition) is 2. The SMILES string of the molecule is Cc1cc(C(=O)CSc2ccc(Br)cc2)c(C)n1C1CC1. The van der Waals surface area contributed by atoms with Gasteiger partial charge in [0.25, 0.3) is 0 Å². The standard InChI is InChI=1S/C17H18BrNOS/c1-11-9-16(12(2)19(11)14-5-6-14)17(20)10-21-15-7-3-13(18)4-8-15/h3-4,7-9,14H,5-6,10H2,1-2H3. The van der Waals surface area contributed by atoms with Crippen LogP contribution in [0.2, 0.25) is 0 Å². The van der Waals surface area contributed by atoms with E-state index in [1.807, 2.05) is 24.3 Å². The minimum Gasteiger partial charge on any atom is -0.345 e. The Bertz CT molecular complexity index is 671. The minimum absolute atomic E-state index is 0.225. The van der Waals surface area contributed by atoms with Crippen molar-refractivity contribution in [3.63, 3.8) is 0 Å². The average Bonchev–Trinajstić information content (AvgIpc) is 3.24. The van der Waals surface area contributed by atoms with Gasteiger partial charge in [0.05, 0.1) is 5.75 Å². The highest BCUT2D eigenvalue weighted by Gasteiger charge is 2.28. The molecule has 21 heavy (non-hydrogen) atoms. The number of aromatic nitrogens is 1. The number of carbonyl (C=O) groups excluding carboxylic acids is 1. The van der Waals surface area contributed by atoms with E-state index < -0.39 is 0 Å². The lowest BCUT2D eigenvalue weighted by Gasteiger charge is -2.07. The van der Waals surface area contributed by atoms with Crippen LogP contribution in [-0.2, 0) is 0 Å². The van der Waals surface area contributed by atoms with E-state index in [-0.39, 0.29) is 5.78 Å². The third kappa shape index (κ3) is 3.27. The van der Waals surface area contributed by atoms with Crippen LogP contribution < -0.4 is 0 Å². The molecule has 0 aliphatic heterocycles. The third-order valence-corrected chi connectivity index (χ3v) is 5.42. The minimum atomic E-state index is 0.225. The highest BCUT2D eigenvalue weighted by atomic mass is 79.9. The molecule has 0 atom stereocenters. The van der Waals surface area contributed by atoms with Crippen LogP contribution in [0.25, 0.3) is 0 Å². The fourth-order valence-corrected chi connectivity index (χ4v) is 3.76. The quantitative estimate of drug-likeness (QED) is 0.539. The summed E-state index contributed by atoms with van der Waals surface area (Å²) in [6.07, 6.45) is 2.50. The number of halogens is 1. The van der Waals surface area contributed by atoms with Crippen molar-refractivity contribution in [2.24, 2.45) is 0 Å². The van der Waals surface area contributed by atoms with E-state index in [2.05, 4.69) is 40.4 Å². The smallest absolute Gasteiger partial charge is 0.174 e. The fraction of sp³-hybridized carbons (Fsp3) is 0.353. The van der Waals surface area contributed by atoms with Crippen molar-refractivity contribution >= 4 is 33.5 Å². The molecule has 2 nitrogen and oxygen atoms in total. The van der Waals surface area contributed by atoms with Crippen molar-refractivity contribution in [2.75, 3.05) is 5.75 Å². The maximum absolute atomic E-state index is 12.5. The predicted molar refractivity (Wildman–Crippen MR) is 91.4 cm³/mol. The summed E-state index contributed by atoms with van der Waals surface area (Å²) < 4.78 is 3.39. The summed E-state index contributed by atoms with van der Waals surface area (Å²) in [5.74, 6) is 0.722. The summed E-state index contributed by atoms with van der Waals surface area (Å²) in [5, 5.41) is 0. The number of Topliss-reactive ketones (excluding diaryl/α,β-unsaturated/α-hetero) is 1. The second-order valence-corrected chi connectivity index (χ2v) is 7.52. The fourth-order valence-electron chi connectivity index (χ4n) is 2.71. The first kappa shape index (κ1) is 14.9. The molecule has 0 saturated heterocycles. The van der Waals surface area contributed by atoms with Crippen LogP contribution in [0.3, 0.4) is 0 Å². The normalized spacial score (nSPS) is 14.4. The van der Waals surface area contributed by atoms with E-state index in [4.69, 9.17) is 0 Å². The van der Waals surface area contributed by atoms with E-state index in [9.17, 15) is 4.79 Å². The number of rotatable bonds is 5. The van der Waals surface area contributed by atoms with Crippen LogP contribution in [0.4, 0.5) is 0 Å². The van der Waals surface area contributed by atoms with Gasteiger partial charge in [0, 0.05) is 32.4 Å². The van der Waals surface area contributed by atoms with Crippen molar-refractivity contribution in [3.05, 3.63) is 51.8 Å². The first-order chi connectivity index (χ1) is 10.1. The van der Waals surface area contributed by atoms with E-state index in [1.165, 1.54) is 18.5 Å². The molecule has 0 bridgehead atoms. The third-order valence-electron chi connectivity index (χ3n) is 3.88. The van der Waals surface area contributed by atoms with Gasteiger partial charge in [0.1, 0.15) is 0 Å². The number of aryl methyl sites for hydroxylation is 1. The zero-order valence-corrected chi connectivity index (χ0v) is 14.6. The lowest BCUT2D eigenvalue weighted by atomic mass is 10.2. The maximum atomic E-state index is 12.5. The molecule has 4 heteroatoms. The maximum Gasteiger partial charge on any atom is 0.174 e. The summed E-state index contributed by atoms with van der Waals surface area (Å²) in [5.41, 5.74) is 3.24. The molecule has 1 aliphatic rings. The average molecular weight is 364 g/mol. The Balaban J connectivity index is 1.71. The largest absolute Gasteiger partial charge is 0.345 e. The Morgan fingerprint density at radius 3 is 2.57 bits per heavy atom. The predicted octanol–water partition coefficient (Wildman–Crippen LogP) is 5.18. The number of nitrogens with zero attached hydrogens (tertiary/aromatic N) is 1. The Hall–Kier alpha value is -1.00. The summed E-state index contributed by atoms with van der Waals surface area (Å²) >= 11 is 5.02. The van der Waals surface area contributed by atoms with Crippen molar-refractivity contribution in [1.29, 1.82) is 0 Å². The number of benzene rings is 1. The van der Waals surface area contributed by atoms with Gasteiger partial charge in [-0.1, -0.05) is 15.9 Å². The van der Waals surface area contributed by atoms with Gasteiger partial charge < -0.3 is 4.57 Å². The topological polar surface area (TPSA) is 22.0 Å². The summed E-state index contributed by atoms with van der Waals surface area (Å²) in [6.45, 7) is 4.17. The van der Waals surface area contributed by atoms with Gasteiger partial charge in [-0.05, 0) is 57.0 Å². The van der Waals surface area contributed by atoms with Crippen molar-refractivity contribution in [3.8, 4) is 0 Å². The molecular formula is C17H18BrNOS. The van der Waals surface area contributed by atoms with Crippen molar-refractivity contribution in [1.82, 2.24) is 4.57 Å². The van der Waals surface area contributed by atoms with Gasteiger partial charge in [0.2, 0.25) is 0 Å². The Morgan fingerprint density at radius 1 is 1.29 bits per heavy atom. The van der Waals surface area contributed by atoms with Crippen LogP contribution in [0.5, 0.6) is 0 Å². The molecule has 2 aromatic rings. The lowest BCUT2D eigenvalue weighted by Crippen LogP contribution is -2.05. The zero-order chi connectivity index (χ0) is 15.0. The van der Waals surface area contributed by atoms with Gasteiger partial charge in [-0.3, -0.25) is 4.79 Å². The summed E-state index contributed by atoms with van der Waals surface area (Å²) in [7, 11) is 0. The molecular weight excluding hydrogens is 346 g/mol. The Kier molecular flexibility index (Phi) is 4.27. The van der Waals surface area contributed by atoms with Crippen LogP contribution in [0.15, 0.2) is 39.7 Å². The van der Waals surface area contributed by atoms with Gasteiger partial charge in [-0.2, -0.15) is 0 Å². The van der Waals surface area contributed by atoms with Gasteiger partial charge in [-0.25, -0.2) is 0 Å². The number of thioether (sulfide) groups is 1. The number of ketones is 1. The summed E-state index contributed by atoms with van der Waals surface area (Å²) in [6, 6.07) is 10.8. The molecule has 3 rings (SSSR count). The number of carbonyl (C=O) groups is 1. The van der Waals surface area contributed by atoms with E-state index in [1.54, 1.807) is 11.8 Å². The Labute approximate surface area is 138 Å². The molecule has 0 radical (unpaired) electrons. The van der Waals surface area contributed by atoms with E-state index >= 15 is 0 Å². The molecule has 1 aliphatic carbocycles. The van der Waals surface area contributed by atoms with Gasteiger partial charge >= 0.3 is 0 Å². The molecule has 0 N–H and O–H groups in total. The van der Waals surface area contributed by atoms with Crippen LogP contribution in [0.1, 0.15) is 40.6 Å². The Morgan fingerprint density at radius 2 is 1.95 bits per heavy atom. The monoisotopic (exact) mass is 363 g/mol. The molecule has 1 aromatic carbocycles. The summed E-state index contributed by atoms with van der Waals surface area (Å²) in [4.78, 5) is 13.6. The molecule has 1 saturated carbocycles. The highest BCUT2D eigenvalue weighted by molar-refractivity contribution is 9.10. The second-order valence-electron chi connectivity index (χ2n) is 5.55. The van der Waals surface area contributed by atoms with Gasteiger partial charge in [0.15, 0.2) is 5.78 Å². The molecule has 110 valence electrons. The molecule has 1 fully saturated rings. The van der Waals surface area contributed by atoms with Crippen LogP contribution in [0, 0.1) is 13.8 Å². The molecule has 1 heterocycles. The molecule has 1 aromatic heterocycles. The molecule has 0 spiro atoms. The first-order valence-electron chi connectivity index (χ1n) is 7.16. The lowest BCUT2D eigenvalue weighted by molar-refractivity contribution is 0.102. The van der Waals surface area contributed by atoms with Crippen LogP contribution >= 0.6 is 27.7 Å². The van der Waals surface area contributed by atoms with Crippen LogP contribution in [-0.4, -0.2) is 16.1 Å². The molecule has 0 amide bonds. The second kappa shape index (κ2) is 6.01. The number of hydrogen-bond donors (Lipinski definition) is 0. The zero-order valence-electron chi connectivity index (χ0n) is 12.2. The van der Waals surface area contributed by atoms with Crippen molar-refractivity contribution < 1.29 is 4.79 Å².